The topological polar surface area (TPSA) is 93.6 Å². The summed E-state index contributed by atoms with van der Waals surface area (Å²) in [6, 6.07) is 24.2. The maximum absolute atomic E-state index is 5.99. The second kappa shape index (κ2) is 10.8. The lowest BCUT2D eigenvalue weighted by molar-refractivity contribution is 0.582. The number of H-pyrrole nitrogens is 1. The van der Waals surface area contributed by atoms with Crippen molar-refractivity contribution in [3.63, 3.8) is 0 Å². The predicted molar refractivity (Wildman–Crippen MR) is 184 cm³/mol. The number of hydrogen-bond donors (Lipinski definition) is 1. The van der Waals surface area contributed by atoms with Gasteiger partial charge in [-0.25, -0.2) is 9.97 Å². The van der Waals surface area contributed by atoms with Crippen LogP contribution >= 0.6 is 11.3 Å². The third kappa shape index (κ3) is 4.43. The number of thiophene rings is 1. The van der Waals surface area contributed by atoms with Crippen molar-refractivity contribution >= 4 is 56.1 Å². The lowest BCUT2D eigenvalue weighted by Gasteiger charge is -2.05. The van der Waals surface area contributed by atoms with Crippen LogP contribution in [-0.4, -0.2) is 24.9 Å². The number of nitrogens with zero attached hydrogens (tertiary/aromatic N) is 4. The summed E-state index contributed by atoms with van der Waals surface area (Å²) in [6.45, 7) is 0. The van der Waals surface area contributed by atoms with Crippen molar-refractivity contribution in [3.05, 3.63) is 133 Å². The van der Waals surface area contributed by atoms with Gasteiger partial charge in [0.05, 0.1) is 46.4 Å². The molecule has 0 aromatic carbocycles. The minimum atomic E-state index is 0.747. The van der Waals surface area contributed by atoms with Crippen molar-refractivity contribution in [1.29, 1.82) is 0 Å². The molecule has 7 aromatic rings. The van der Waals surface area contributed by atoms with Crippen LogP contribution in [-0.2, 0) is 0 Å². The summed E-state index contributed by atoms with van der Waals surface area (Å²) in [4.78, 5) is 22.8. The Morgan fingerprint density at radius 2 is 0.913 bits per heavy atom. The van der Waals surface area contributed by atoms with Crippen LogP contribution in [0.15, 0.2) is 119 Å². The molecule has 0 atom stereocenters. The van der Waals surface area contributed by atoms with Crippen LogP contribution in [0.5, 0.6) is 0 Å². The molecular weight excluding hydrogens is 591 g/mol. The van der Waals surface area contributed by atoms with Gasteiger partial charge in [0.2, 0.25) is 0 Å². The molecule has 2 aliphatic heterocycles. The fourth-order valence-corrected chi connectivity index (χ4v) is 7.21. The molecule has 7 nitrogen and oxygen atoms in total. The average molecular weight is 614 g/mol. The number of nitrogens with one attached hydrogen (secondary N) is 1. The first kappa shape index (κ1) is 26.3. The lowest BCUT2D eigenvalue weighted by atomic mass is 10.1. The fourth-order valence-electron chi connectivity index (χ4n) is 6.08. The fraction of sp³-hybridized carbons (Fsp3) is 0. The molecule has 0 saturated carbocycles. The smallest absolute Gasteiger partial charge is 0.137 e. The van der Waals surface area contributed by atoms with Crippen LogP contribution in [0.2, 0.25) is 0 Å². The summed E-state index contributed by atoms with van der Waals surface area (Å²) in [5, 5.41) is 0. The van der Waals surface area contributed by atoms with Crippen molar-refractivity contribution in [3.8, 4) is 44.9 Å². The summed E-state index contributed by atoms with van der Waals surface area (Å²) in [7, 11) is 0. The predicted octanol–water partition coefficient (Wildman–Crippen LogP) is 10.0. The van der Waals surface area contributed by atoms with E-state index in [0.717, 1.165) is 88.1 Å². The Kier molecular flexibility index (Phi) is 6.17. The third-order valence-electron chi connectivity index (χ3n) is 8.10. The van der Waals surface area contributed by atoms with Gasteiger partial charge in [-0.1, -0.05) is 0 Å². The molecule has 0 radical (unpaired) electrons. The van der Waals surface area contributed by atoms with Gasteiger partial charge in [-0.2, -0.15) is 0 Å². The van der Waals surface area contributed by atoms with E-state index in [-0.39, 0.29) is 0 Å². The van der Waals surface area contributed by atoms with Crippen LogP contribution in [0, 0.1) is 0 Å². The third-order valence-corrected chi connectivity index (χ3v) is 9.22. The summed E-state index contributed by atoms with van der Waals surface area (Å²) in [5.41, 5.74) is 11.0. The zero-order valence-corrected chi connectivity index (χ0v) is 25.0. The molecule has 8 heteroatoms. The Balaban J connectivity index is 1.49. The highest BCUT2D eigenvalue weighted by atomic mass is 32.1. The number of hydrogen-bond acceptors (Lipinski definition) is 7. The molecule has 7 aromatic heterocycles. The molecule has 9 rings (SSSR count). The highest BCUT2D eigenvalue weighted by molar-refractivity contribution is 7.24. The van der Waals surface area contributed by atoms with Gasteiger partial charge in [0.25, 0.3) is 0 Å². The van der Waals surface area contributed by atoms with Gasteiger partial charge < -0.3 is 13.8 Å². The minimum Gasteiger partial charge on any atom is -0.464 e. The Morgan fingerprint density at radius 1 is 0.478 bits per heavy atom. The highest BCUT2D eigenvalue weighted by Crippen LogP contribution is 2.41. The summed E-state index contributed by atoms with van der Waals surface area (Å²) in [5.74, 6) is 1.49. The van der Waals surface area contributed by atoms with E-state index in [4.69, 9.17) is 18.8 Å². The van der Waals surface area contributed by atoms with Crippen LogP contribution in [0.3, 0.4) is 0 Å². The largest absolute Gasteiger partial charge is 0.464 e. The van der Waals surface area contributed by atoms with Crippen molar-refractivity contribution in [1.82, 2.24) is 24.9 Å². The van der Waals surface area contributed by atoms with E-state index >= 15 is 0 Å². The van der Waals surface area contributed by atoms with Gasteiger partial charge in [0, 0.05) is 56.3 Å². The van der Waals surface area contributed by atoms with E-state index in [1.54, 1.807) is 48.7 Å². The van der Waals surface area contributed by atoms with E-state index in [0.29, 0.717) is 0 Å². The van der Waals surface area contributed by atoms with Crippen molar-refractivity contribution in [2.75, 3.05) is 0 Å². The first-order valence-electron chi connectivity index (χ1n) is 14.8. The molecule has 9 heterocycles. The van der Waals surface area contributed by atoms with E-state index < -0.39 is 0 Å². The van der Waals surface area contributed by atoms with E-state index in [1.165, 1.54) is 0 Å². The van der Waals surface area contributed by atoms with Crippen LogP contribution in [0.4, 0.5) is 0 Å². The molecule has 46 heavy (non-hydrogen) atoms. The first-order chi connectivity index (χ1) is 22.8. The highest BCUT2D eigenvalue weighted by Gasteiger charge is 2.20. The standard InChI is InChI=1S/C38H23N5O2S/c1-3-31(44-21-1)37-29-9-7-27(42-29)35(23-13-17-39-18-14-23)25-5-6-26(41-25)36(24-15-19-40-20-16-24)28-8-10-30(43-28)38(32-4-2-22-45-32)34-12-11-33(37)46-34/h1-22,41H. The summed E-state index contributed by atoms with van der Waals surface area (Å²) < 4.78 is 14.0. The van der Waals surface area contributed by atoms with Gasteiger partial charge in [-0.05, 0) is 108 Å². The molecule has 2 aliphatic rings. The number of aromatic nitrogens is 5. The summed E-state index contributed by atoms with van der Waals surface area (Å²) >= 11 is 1.66. The number of aromatic amines is 1. The number of fused-ring (bicyclic) bond motifs is 8. The Morgan fingerprint density at radius 3 is 1.33 bits per heavy atom. The molecule has 218 valence electrons. The monoisotopic (exact) mass is 613 g/mol. The molecule has 0 spiro atoms. The van der Waals surface area contributed by atoms with Crippen LogP contribution in [0.25, 0.3) is 89.6 Å². The average Bonchev–Trinajstić information content (AvgIpc) is 3.93. The van der Waals surface area contributed by atoms with Gasteiger partial charge >= 0.3 is 0 Å². The Bertz CT molecular complexity index is 2290. The van der Waals surface area contributed by atoms with Gasteiger partial charge in [0.1, 0.15) is 11.5 Å². The van der Waals surface area contributed by atoms with Gasteiger partial charge in [-0.3, -0.25) is 9.97 Å². The normalized spacial score (nSPS) is 12.2. The lowest BCUT2D eigenvalue weighted by Crippen LogP contribution is -1.88. The quantitative estimate of drug-likeness (QED) is 0.212. The van der Waals surface area contributed by atoms with Gasteiger partial charge in [0.15, 0.2) is 0 Å². The first-order valence-corrected chi connectivity index (χ1v) is 15.6. The van der Waals surface area contributed by atoms with Gasteiger partial charge in [-0.15, -0.1) is 11.3 Å². The number of rotatable bonds is 4. The molecule has 0 saturated heterocycles. The molecule has 0 amide bonds. The maximum Gasteiger partial charge on any atom is 0.137 e. The molecule has 0 aliphatic carbocycles. The van der Waals surface area contributed by atoms with E-state index in [2.05, 4.69) is 63.5 Å². The van der Waals surface area contributed by atoms with Crippen molar-refractivity contribution < 1.29 is 8.83 Å². The SMILES string of the molecule is C1=Cc2nc1c(-c1ccncc1)c1ccc([nH]1)c(-c1ccncc1)c1nc(c(-c3ccco3)c3ccc(s3)c2-c2ccco2)C=C1. The molecule has 0 fully saturated rings. The second-order valence-corrected chi connectivity index (χ2v) is 11.9. The molecule has 8 bridgehead atoms. The minimum absolute atomic E-state index is 0.747. The molecule has 0 unspecified atom stereocenters. The second-order valence-electron chi connectivity index (χ2n) is 10.8. The summed E-state index contributed by atoms with van der Waals surface area (Å²) in [6.07, 6.45) is 18.9. The number of furan rings is 2. The van der Waals surface area contributed by atoms with Crippen LogP contribution in [0.1, 0.15) is 22.8 Å². The Hall–Kier alpha value is -6.12. The van der Waals surface area contributed by atoms with Crippen molar-refractivity contribution in [2.24, 2.45) is 0 Å². The molecular formula is C38H23N5O2S. The Labute approximate surface area is 266 Å². The zero-order chi connectivity index (χ0) is 30.5. The zero-order valence-electron chi connectivity index (χ0n) is 24.2. The number of pyridine rings is 2. The molecule has 1 N–H and O–H groups in total. The van der Waals surface area contributed by atoms with E-state index in [9.17, 15) is 0 Å². The van der Waals surface area contributed by atoms with Crippen LogP contribution < -0.4 is 0 Å². The van der Waals surface area contributed by atoms with E-state index in [1.807, 2.05) is 48.5 Å². The van der Waals surface area contributed by atoms with Crippen molar-refractivity contribution in [2.45, 2.75) is 0 Å². The maximum atomic E-state index is 5.99.